The third-order valence-electron chi connectivity index (χ3n) is 2.45. The van der Waals surface area contributed by atoms with Crippen LogP contribution in [0.4, 0.5) is 0 Å². The summed E-state index contributed by atoms with van der Waals surface area (Å²) >= 11 is 0. The van der Waals surface area contributed by atoms with Crippen molar-refractivity contribution < 1.29 is 5.11 Å². The lowest BCUT2D eigenvalue weighted by Crippen LogP contribution is -2.29. The number of hydrogen-bond acceptors (Lipinski definition) is 3. The van der Waals surface area contributed by atoms with Crippen LogP contribution in [0.2, 0.25) is 0 Å². The van der Waals surface area contributed by atoms with Gasteiger partial charge in [-0.15, -0.1) is 10.2 Å². The van der Waals surface area contributed by atoms with E-state index in [-0.39, 0.29) is 12.1 Å². The highest BCUT2D eigenvalue weighted by atomic mass is 16.3. The van der Waals surface area contributed by atoms with Gasteiger partial charge in [0.15, 0.2) is 0 Å². The van der Waals surface area contributed by atoms with Crippen molar-refractivity contribution in [2.45, 2.75) is 32.2 Å². The Morgan fingerprint density at radius 3 is 2.42 bits per heavy atom. The summed E-state index contributed by atoms with van der Waals surface area (Å²) in [6, 6.07) is 0. The Labute approximate surface area is 72.2 Å². The topological polar surface area (TPSA) is 50.9 Å². The summed E-state index contributed by atoms with van der Waals surface area (Å²) in [4.78, 5) is 0. The quantitative estimate of drug-likeness (QED) is 0.724. The van der Waals surface area contributed by atoms with E-state index in [1.54, 1.807) is 12.7 Å². The first kappa shape index (κ1) is 9.19. The standard InChI is InChI=1S/C8H15N3O/c1-3-8(2,4-5-12)11-6-9-10-7-11/h6-7,12H,3-5H2,1-2H3. The van der Waals surface area contributed by atoms with Gasteiger partial charge in [0, 0.05) is 12.1 Å². The first-order valence-electron chi connectivity index (χ1n) is 4.19. The Bertz CT molecular complexity index is 222. The van der Waals surface area contributed by atoms with E-state index >= 15 is 0 Å². The lowest BCUT2D eigenvalue weighted by atomic mass is 9.95. The molecule has 0 spiro atoms. The largest absolute Gasteiger partial charge is 0.396 e. The van der Waals surface area contributed by atoms with Crippen molar-refractivity contribution in [3.63, 3.8) is 0 Å². The fraction of sp³-hybridized carbons (Fsp3) is 0.750. The lowest BCUT2D eigenvalue weighted by molar-refractivity contribution is 0.193. The van der Waals surface area contributed by atoms with Gasteiger partial charge in [0.05, 0.1) is 0 Å². The normalized spacial score (nSPS) is 15.9. The SMILES string of the molecule is CCC(C)(CCO)n1cnnc1. The van der Waals surface area contributed by atoms with Crippen LogP contribution in [0.15, 0.2) is 12.7 Å². The van der Waals surface area contributed by atoms with E-state index in [0.717, 1.165) is 12.8 Å². The molecule has 1 heterocycles. The Morgan fingerprint density at radius 1 is 1.42 bits per heavy atom. The first-order chi connectivity index (χ1) is 5.73. The minimum absolute atomic E-state index is 0.0434. The lowest BCUT2D eigenvalue weighted by Gasteiger charge is -2.28. The Balaban J connectivity index is 2.80. The molecule has 0 radical (unpaired) electrons. The van der Waals surface area contributed by atoms with Crippen LogP contribution in [0.25, 0.3) is 0 Å². The molecule has 1 N–H and O–H groups in total. The monoisotopic (exact) mass is 169 g/mol. The molecule has 0 aliphatic heterocycles. The fourth-order valence-corrected chi connectivity index (χ4v) is 1.21. The van der Waals surface area contributed by atoms with E-state index in [9.17, 15) is 0 Å². The van der Waals surface area contributed by atoms with Gasteiger partial charge >= 0.3 is 0 Å². The number of hydrogen-bond donors (Lipinski definition) is 1. The molecule has 12 heavy (non-hydrogen) atoms. The summed E-state index contributed by atoms with van der Waals surface area (Å²) in [6.07, 6.45) is 5.09. The van der Waals surface area contributed by atoms with Gasteiger partial charge in [0.1, 0.15) is 12.7 Å². The molecule has 1 rings (SSSR count). The molecule has 0 saturated carbocycles. The summed E-state index contributed by atoms with van der Waals surface area (Å²) < 4.78 is 1.95. The Hall–Kier alpha value is -0.900. The van der Waals surface area contributed by atoms with Crippen molar-refractivity contribution in [3.8, 4) is 0 Å². The highest BCUT2D eigenvalue weighted by molar-refractivity contribution is 4.82. The van der Waals surface area contributed by atoms with Gasteiger partial charge < -0.3 is 9.67 Å². The molecule has 4 nitrogen and oxygen atoms in total. The van der Waals surface area contributed by atoms with Gasteiger partial charge in [-0.25, -0.2) is 0 Å². The molecule has 68 valence electrons. The molecule has 0 aliphatic rings. The molecule has 1 aromatic heterocycles. The molecule has 0 aliphatic carbocycles. The molecular weight excluding hydrogens is 154 g/mol. The van der Waals surface area contributed by atoms with Crippen molar-refractivity contribution in [2.75, 3.05) is 6.61 Å². The highest BCUT2D eigenvalue weighted by Gasteiger charge is 2.22. The second-order valence-corrected chi connectivity index (χ2v) is 3.19. The molecule has 1 unspecified atom stereocenters. The van der Waals surface area contributed by atoms with Gasteiger partial charge in [0.25, 0.3) is 0 Å². The van der Waals surface area contributed by atoms with Crippen molar-refractivity contribution in [1.29, 1.82) is 0 Å². The number of aromatic nitrogens is 3. The Morgan fingerprint density at radius 2 is 2.00 bits per heavy atom. The molecule has 4 heteroatoms. The van der Waals surface area contributed by atoms with Crippen LogP contribution in [0, 0.1) is 0 Å². The van der Waals surface area contributed by atoms with E-state index in [1.807, 2.05) is 4.57 Å². The predicted octanol–water partition coefficient (Wildman–Crippen LogP) is 0.786. The second kappa shape index (κ2) is 3.67. The molecule has 0 aromatic carbocycles. The smallest absolute Gasteiger partial charge is 0.119 e. The van der Waals surface area contributed by atoms with Gasteiger partial charge in [-0.05, 0) is 19.8 Å². The summed E-state index contributed by atoms with van der Waals surface area (Å²) in [7, 11) is 0. The van der Waals surface area contributed by atoms with Gasteiger partial charge in [-0.3, -0.25) is 0 Å². The van der Waals surface area contributed by atoms with E-state index in [2.05, 4.69) is 24.0 Å². The van der Waals surface area contributed by atoms with Gasteiger partial charge in [-0.2, -0.15) is 0 Å². The van der Waals surface area contributed by atoms with Crippen molar-refractivity contribution in [2.24, 2.45) is 0 Å². The van der Waals surface area contributed by atoms with Crippen molar-refractivity contribution in [3.05, 3.63) is 12.7 Å². The molecular formula is C8H15N3O. The number of aliphatic hydroxyl groups excluding tert-OH is 1. The average Bonchev–Trinajstić information content (AvgIpc) is 2.57. The second-order valence-electron chi connectivity index (χ2n) is 3.19. The van der Waals surface area contributed by atoms with Crippen LogP contribution in [0.3, 0.4) is 0 Å². The molecule has 0 amide bonds. The third-order valence-corrected chi connectivity index (χ3v) is 2.45. The van der Waals surface area contributed by atoms with Gasteiger partial charge in [-0.1, -0.05) is 6.92 Å². The summed E-state index contributed by atoms with van der Waals surface area (Å²) in [5.74, 6) is 0. The number of nitrogens with zero attached hydrogens (tertiary/aromatic N) is 3. The summed E-state index contributed by atoms with van der Waals surface area (Å²) in [5.41, 5.74) is -0.0434. The van der Waals surface area contributed by atoms with Gasteiger partial charge in [0.2, 0.25) is 0 Å². The predicted molar refractivity (Wildman–Crippen MR) is 45.7 cm³/mol. The third kappa shape index (κ3) is 1.64. The van der Waals surface area contributed by atoms with Crippen molar-refractivity contribution >= 4 is 0 Å². The van der Waals surface area contributed by atoms with Crippen molar-refractivity contribution in [1.82, 2.24) is 14.8 Å². The zero-order valence-corrected chi connectivity index (χ0v) is 7.56. The fourth-order valence-electron chi connectivity index (χ4n) is 1.21. The van der Waals surface area contributed by atoms with E-state index in [4.69, 9.17) is 5.11 Å². The number of rotatable bonds is 4. The zero-order valence-electron chi connectivity index (χ0n) is 7.56. The molecule has 0 bridgehead atoms. The van der Waals surface area contributed by atoms with Crippen LogP contribution in [-0.4, -0.2) is 26.5 Å². The first-order valence-corrected chi connectivity index (χ1v) is 4.19. The zero-order chi connectivity index (χ0) is 9.03. The average molecular weight is 169 g/mol. The van der Waals surface area contributed by atoms with Crippen LogP contribution < -0.4 is 0 Å². The highest BCUT2D eigenvalue weighted by Crippen LogP contribution is 2.22. The van der Waals surface area contributed by atoms with E-state index in [0.29, 0.717) is 0 Å². The summed E-state index contributed by atoms with van der Waals surface area (Å²) in [5, 5.41) is 16.4. The molecule has 0 saturated heterocycles. The van der Waals surface area contributed by atoms with Crippen LogP contribution >= 0.6 is 0 Å². The van der Waals surface area contributed by atoms with Crippen LogP contribution in [-0.2, 0) is 5.54 Å². The van der Waals surface area contributed by atoms with E-state index < -0.39 is 0 Å². The molecule has 0 fully saturated rings. The minimum Gasteiger partial charge on any atom is -0.396 e. The molecule has 1 atom stereocenters. The number of aliphatic hydroxyl groups is 1. The van der Waals surface area contributed by atoms with Crippen LogP contribution in [0.5, 0.6) is 0 Å². The van der Waals surface area contributed by atoms with Crippen LogP contribution in [0.1, 0.15) is 26.7 Å². The minimum atomic E-state index is -0.0434. The van der Waals surface area contributed by atoms with E-state index in [1.165, 1.54) is 0 Å². The maximum Gasteiger partial charge on any atom is 0.119 e. The maximum absolute atomic E-state index is 8.88. The Kier molecular flexibility index (Phi) is 2.81. The maximum atomic E-state index is 8.88. The molecule has 1 aromatic rings. The summed E-state index contributed by atoms with van der Waals surface area (Å²) in [6.45, 7) is 4.38.